The van der Waals surface area contributed by atoms with Crippen molar-refractivity contribution < 1.29 is 4.42 Å². The smallest absolute Gasteiger partial charge is 0.277 e. The number of rotatable bonds is 5. The summed E-state index contributed by atoms with van der Waals surface area (Å²) in [6.07, 6.45) is 4.19. The summed E-state index contributed by atoms with van der Waals surface area (Å²) in [4.78, 5) is 0. The Morgan fingerprint density at radius 3 is 2.48 bits per heavy atom. The summed E-state index contributed by atoms with van der Waals surface area (Å²) in [5.41, 5.74) is 4.55. The maximum atomic E-state index is 5.74. The number of hydrogen-bond donors (Lipinski definition) is 0. The van der Waals surface area contributed by atoms with E-state index in [9.17, 15) is 0 Å². The molecule has 0 N–H and O–H groups in total. The molecule has 1 aromatic heterocycles. The van der Waals surface area contributed by atoms with E-state index in [4.69, 9.17) is 4.42 Å². The van der Waals surface area contributed by atoms with E-state index in [1.165, 1.54) is 28.5 Å². The predicted molar refractivity (Wildman–Crippen MR) is 95.4 cm³/mol. The number of aryl methyl sites for hydroxylation is 2. The van der Waals surface area contributed by atoms with Gasteiger partial charge in [0.1, 0.15) is 0 Å². The molecule has 0 bridgehead atoms. The predicted octanol–water partition coefficient (Wildman–Crippen LogP) is 5.16. The van der Waals surface area contributed by atoms with Crippen molar-refractivity contribution in [1.29, 1.82) is 0 Å². The zero-order chi connectivity index (χ0) is 16.1. The zero-order valence-electron chi connectivity index (χ0n) is 13.2. The maximum Gasteiger partial charge on any atom is 0.277 e. The van der Waals surface area contributed by atoms with Crippen molar-refractivity contribution in [2.24, 2.45) is 0 Å². The number of hydrogen-bond acceptors (Lipinski definition) is 4. The van der Waals surface area contributed by atoms with Crippen LogP contribution in [0.2, 0.25) is 0 Å². The summed E-state index contributed by atoms with van der Waals surface area (Å²) in [6.45, 7) is 4.13. The van der Waals surface area contributed by atoms with Crippen LogP contribution in [0.15, 0.2) is 64.2 Å². The second-order valence-electron chi connectivity index (χ2n) is 5.37. The fourth-order valence-electron chi connectivity index (χ4n) is 2.35. The van der Waals surface area contributed by atoms with Gasteiger partial charge in [-0.15, -0.1) is 10.2 Å². The van der Waals surface area contributed by atoms with Crippen LogP contribution in [-0.2, 0) is 0 Å². The third-order valence-corrected chi connectivity index (χ3v) is 4.06. The van der Waals surface area contributed by atoms with Gasteiger partial charge in [-0.2, -0.15) is 0 Å². The molecule has 1 heterocycles. The molecule has 0 spiro atoms. The fourth-order valence-corrected chi connectivity index (χ4v) is 2.92. The molecule has 0 aliphatic heterocycles. The van der Waals surface area contributed by atoms with Crippen molar-refractivity contribution in [3.63, 3.8) is 0 Å². The molecule has 2 aromatic carbocycles. The van der Waals surface area contributed by atoms with Gasteiger partial charge in [-0.3, -0.25) is 0 Å². The Bertz CT molecular complexity index is 789. The highest BCUT2D eigenvalue weighted by atomic mass is 32.2. The van der Waals surface area contributed by atoms with Gasteiger partial charge in [0.2, 0.25) is 5.89 Å². The van der Waals surface area contributed by atoms with Gasteiger partial charge in [-0.05, 0) is 31.5 Å². The van der Waals surface area contributed by atoms with Crippen molar-refractivity contribution in [2.45, 2.75) is 19.1 Å². The first-order chi connectivity index (χ1) is 11.2. The van der Waals surface area contributed by atoms with Crippen LogP contribution in [0.5, 0.6) is 0 Å². The van der Waals surface area contributed by atoms with Crippen molar-refractivity contribution in [2.75, 3.05) is 5.75 Å². The highest BCUT2D eigenvalue weighted by Crippen LogP contribution is 2.25. The molecule has 116 valence electrons. The lowest BCUT2D eigenvalue weighted by atomic mass is 10.1. The van der Waals surface area contributed by atoms with Crippen molar-refractivity contribution in [3.8, 4) is 11.5 Å². The normalized spacial score (nSPS) is 11.2. The standard InChI is InChI=1S/C19H18N2OS/c1-14-11-15(2)13-17(12-14)18-20-21-19(22-18)23-10-6-9-16-7-4-3-5-8-16/h3-9,11-13H,10H2,1-2H3/b9-6+. The molecule has 3 nitrogen and oxygen atoms in total. The Hall–Kier alpha value is -2.33. The lowest BCUT2D eigenvalue weighted by molar-refractivity contribution is 0.466. The molecule has 0 saturated carbocycles. The summed E-state index contributed by atoms with van der Waals surface area (Å²) >= 11 is 1.54. The summed E-state index contributed by atoms with van der Waals surface area (Å²) < 4.78 is 5.74. The number of aromatic nitrogens is 2. The van der Waals surface area contributed by atoms with Crippen LogP contribution in [0.1, 0.15) is 16.7 Å². The molecular weight excluding hydrogens is 304 g/mol. The first-order valence-electron chi connectivity index (χ1n) is 7.47. The van der Waals surface area contributed by atoms with E-state index in [0.717, 1.165) is 11.3 Å². The van der Waals surface area contributed by atoms with Crippen molar-refractivity contribution in [1.82, 2.24) is 10.2 Å². The van der Waals surface area contributed by atoms with Crippen LogP contribution in [0, 0.1) is 13.8 Å². The van der Waals surface area contributed by atoms with Crippen molar-refractivity contribution >= 4 is 17.8 Å². The van der Waals surface area contributed by atoms with Gasteiger partial charge in [-0.1, -0.05) is 71.4 Å². The van der Waals surface area contributed by atoms with Crippen LogP contribution < -0.4 is 0 Å². The third kappa shape index (κ3) is 4.33. The van der Waals surface area contributed by atoms with E-state index in [1.807, 2.05) is 18.2 Å². The Morgan fingerprint density at radius 1 is 1.00 bits per heavy atom. The second kappa shape index (κ2) is 7.29. The minimum absolute atomic E-state index is 0.575. The average Bonchev–Trinajstić information content (AvgIpc) is 3.01. The fraction of sp³-hybridized carbons (Fsp3) is 0.158. The van der Waals surface area contributed by atoms with Gasteiger partial charge in [0.15, 0.2) is 0 Å². The molecule has 0 unspecified atom stereocenters. The topological polar surface area (TPSA) is 38.9 Å². The number of benzene rings is 2. The summed E-state index contributed by atoms with van der Waals surface area (Å²) in [7, 11) is 0. The number of thioether (sulfide) groups is 1. The lowest BCUT2D eigenvalue weighted by Gasteiger charge is -1.99. The summed E-state index contributed by atoms with van der Waals surface area (Å²) in [5.74, 6) is 1.37. The minimum atomic E-state index is 0.575. The molecule has 0 aliphatic rings. The number of nitrogens with zero attached hydrogens (tertiary/aromatic N) is 2. The molecule has 3 rings (SSSR count). The van der Waals surface area contributed by atoms with Crippen LogP contribution in [0.25, 0.3) is 17.5 Å². The SMILES string of the molecule is Cc1cc(C)cc(-c2nnc(SC/C=C/c3ccccc3)o2)c1. The highest BCUT2D eigenvalue weighted by molar-refractivity contribution is 7.99. The monoisotopic (exact) mass is 322 g/mol. The molecule has 3 aromatic rings. The first-order valence-corrected chi connectivity index (χ1v) is 8.46. The van der Waals surface area contributed by atoms with Gasteiger partial charge in [0.25, 0.3) is 5.22 Å². The van der Waals surface area contributed by atoms with Gasteiger partial charge in [0, 0.05) is 11.3 Å². The van der Waals surface area contributed by atoms with E-state index in [2.05, 4.69) is 66.5 Å². The van der Waals surface area contributed by atoms with Gasteiger partial charge < -0.3 is 4.42 Å². The van der Waals surface area contributed by atoms with E-state index < -0.39 is 0 Å². The van der Waals surface area contributed by atoms with E-state index in [-0.39, 0.29) is 0 Å². The average molecular weight is 322 g/mol. The van der Waals surface area contributed by atoms with Crippen LogP contribution in [0.4, 0.5) is 0 Å². The molecule has 0 radical (unpaired) electrons. The van der Waals surface area contributed by atoms with Gasteiger partial charge in [-0.25, -0.2) is 0 Å². The molecule has 0 aliphatic carbocycles. The zero-order valence-corrected chi connectivity index (χ0v) is 14.0. The van der Waals surface area contributed by atoms with Gasteiger partial charge in [0.05, 0.1) is 0 Å². The Balaban J connectivity index is 1.62. The van der Waals surface area contributed by atoms with Crippen LogP contribution >= 0.6 is 11.8 Å². The maximum absolute atomic E-state index is 5.74. The van der Waals surface area contributed by atoms with Crippen LogP contribution in [-0.4, -0.2) is 16.0 Å². The molecule has 23 heavy (non-hydrogen) atoms. The Kier molecular flexibility index (Phi) is 4.93. The van der Waals surface area contributed by atoms with E-state index in [0.29, 0.717) is 11.1 Å². The van der Waals surface area contributed by atoms with E-state index in [1.54, 1.807) is 0 Å². The molecule has 0 amide bonds. The largest absolute Gasteiger partial charge is 0.411 e. The molecule has 4 heteroatoms. The minimum Gasteiger partial charge on any atom is -0.411 e. The molecule has 0 fully saturated rings. The Labute approximate surface area is 140 Å². The van der Waals surface area contributed by atoms with E-state index >= 15 is 0 Å². The second-order valence-corrected chi connectivity index (χ2v) is 6.34. The molecule has 0 saturated heterocycles. The van der Waals surface area contributed by atoms with Crippen LogP contribution in [0.3, 0.4) is 0 Å². The lowest BCUT2D eigenvalue weighted by Crippen LogP contribution is -1.82. The van der Waals surface area contributed by atoms with Gasteiger partial charge >= 0.3 is 0 Å². The third-order valence-electron chi connectivity index (χ3n) is 3.29. The molecule has 0 atom stereocenters. The quantitative estimate of drug-likeness (QED) is 0.608. The Morgan fingerprint density at radius 2 is 1.74 bits per heavy atom. The highest BCUT2D eigenvalue weighted by Gasteiger charge is 2.09. The summed E-state index contributed by atoms with van der Waals surface area (Å²) in [5, 5.41) is 8.85. The van der Waals surface area contributed by atoms with Crippen molar-refractivity contribution in [3.05, 3.63) is 71.3 Å². The first kappa shape index (κ1) is 15.6. The summed E-state index contributed by atoms with van der Waals surface area (Å²) in [6, 6.07) is 16.5. The molecular formula is C19H18N2OS.